The quantitative estimate of drug-likeness (QED) is 0.159. The summed E-state index contributed by atoms with van der Waals surface area (Å²) in [7, 11) is 0. The van der Waals surface area contributed by atoms with Gasteiger partial charge in [-0.25, -0.2) is 0 Å². The van der Waals surface area contributed by atoms with Gasteiger partial charge in [0, 0.05) is 27.8 Å². The van der Waals surface area contributed by atoms with Crippen molar-refractivity contribution in [1.29, 1.82) is 0 Å². The van der Waals surface area contributed by atoms with E-state index in [0.717, 1.165) is 50.1 Å². The smallest absolute Gasteiger partial charge is 0.136 e. The predicted octanol–water partition coefficient (Wildman–Crippen LogP) is 17.4. The number of rotatable bonds is 7. The second-order valence-corrected chi connectivity index (χ2v) is 18.7. The maximum atomic E-state index is 6.33. The summed E-state index contributed by atoms with van der Waals surface area (Å²) in [6, 6.07) is 101. The minimum absolute atomic E-state index is 0.572. The Bertz CT molecular complexity index is 3840. The van der Waals surface area contributed by atoms with E-state index in [4.69, 9.17) is 4.42 Å². The molecule has 2 nitrogen and oxygen atoms in total. The molecule has 2 heteroatoms. The summed E-state index contributed by atoms with van der Waals surface area (Å²) in [5.41, 5.74) is 21.3. The molecule has 1 aromatic heterocycles. The fraction of sp³-hybridized carbons (Fsp3) is 0.0294. The number of benzene rings is 11. The van der Waals surface area contributed by atoms with Crippen molar-refractivity contribution in [2.75, 3.05) is 4.90 Å². The first-order chi connectivity index (χ1) is 34.7. The van der Waals surface area contributed by atoms with Gasteiger partial charge in [0.15, 0.2) is 0 Å². The van der Waals surface area contributed by atoms with Crippen LogP contribution in [-0.4, -0.2) is 0 Å². The van der Waals surface area contributed by atoms with E-state index < -0.39 is 10.8 Å². The second kappa shape index (κ2) is 15.8. The molecule has 0 bridgehead atoms. The van der Waals surface area contributed by atoms with Crippen LogP contribution in [0.4, 0.5) is 17.1 Å². The molecule has 14 rings (SSSR count). The van der Waals surface area contributed by atoms with Gasteiger partial charge in [0.1, 0.15) is 11.2 Å². The molecule has 0 fully saturated rings. The van der Waals surface area contributed by atoms with Gasteiger partial charge >= 0.3 is 0 Å². The van der Waals surface area contributed by atoms with Crippen LogP contribution in [-0.2, 0) is 10.8 Å². The van der Waals surface area contributed by atoms with Crippen molar-refractivity contribution >= 4 is 39.0 Å². The highest BCUT2D eigenvalue weighted by molar-refractivity contribution is 6.12. The Hall–Kier alpha value is -8.98. The normalized spacial score (nSPS) is 13.7. The highest BCUT2D eigenvalue weighted by atomic mass is 16.3. The lowest BCUT2D eigenvalue weighted by atomic mass is 9.51. The van der Waals surface area contributed by atoms with Gasteiger partial charge < -0.3 is 9.32 Å². The number of furan rings is 1. The van der Waals surface area contributed by atoms with Gasteiger partial charge in [-0.05, 0) is 126 Å². The first kappa shape index (κ1) is 40.1. The molecule has 2 aliphatic rings. The topological polar surface area (TPSA) is 16.4 Å². The number of fused-ring (bicyclic) bond motifs is 12. The maximum Gasteiger partial charge on any atom is 0.136 e. The highest BCUT2D eigenvalue weighted by Crippen LogP contribution is 2.65. The van der Waals surface area contributed by atoms with Gasteiger partial charge in [-0.2, -0.15) is 0 Å². The molecule has 0 radical (unpaired) electrons. The zero-order chi connectivity index (χ0) is 46.2. The van der Waals surface area contributed by atoms with E-state index in [-0.39, 0.29) is 0 Å². The monoisotopic (exact) mass is 891 g/mol. The van der Waals surface area contributed by atoms with Gasteiger partial charge in [-0.1, -0.05) is 224 Å². The van der Waals surface area contributed by atoms with Crippen LogP contribution in [0.15, 0.2) is 277 Å². The Kier molecular flexibility index (Phi) is 9.06. The van der Waals surface area contributed by atoms with E-state index in [0.29, 0.717) is 0 Å². The number of nitrogens with zero attached hydrogens (tertiary/aromatic N) is 1. The lowest BCUT2D eigenvalue weighted by Gasteiger charge is -2.50. The Morgan fingerprint density at radius 3 is 1.34 bits per heavy atom. The van der Waals surface area contributed by atoms with Crippen LogP contribution >= 0.6 is 0 Å². The van der Waals surface area contributed by atoms with Crippen LogP contribution in [0.3, 0.4) is 0 Å². The van der Waals surface area contributed by atoms with Crippen molar-refractivity contribution in [3.63, 3.8) is 0 Å². The molecule has 328 valence electrons. The number of hydrogen-bond donors (Lipinski definition) is 0. The summed E-state index contributed by atoms with van der Waals surface area (Å²) >= 11 is 0. The van der Waals surface area contributed by atoms with Crippen molar-refractivity contribution in [2.45, 2.75) is 10.8 Å². The van der Waals surface area contributed by atoms with Crippen molar-refractivity contribution < 1.29 is 4.42 Å². The molecule has 0 aliphatic heterocycles. The second-order valence-electron chi connectivity index (χ2n) is 18.7. The highest BCUT2D eigenvalue weighted by Gasteiger charge is 2.56. The first-order valence-corrected chi connectivity index (χ1v) is 24.2. The van der Waals surface area contributed by atoms with E-state index in [1.807, 2.05) is 6.07 Å². The van der Waals surface area contributed by atoms with Gasteiger partial charge in [-0.15, -0.1) is 0 Å². The van der Waals surface area contributed by atoms with E-state index in [1.165, 1.54) is 66.8 Å². The average Bonchev–Trinajstić information content (AvgIpc) is 3.96. The van der Waals surface area contributed by atoms with Gasteiger partial charge in [0.2, 0.25) is 0 Å². The molecule has 2 aliphatic carbocycles. The molecular formula is C68H45NO. The number of para-hydroxylation sites is 1. The summed E-state index contributed by atoms with van der Waals surface area (Å²) in [6.07, 6.45) is 0. The molecule has 1 spiro atoms. The molecule has 70 heavy (non-hydrogen) atoms. The van der Waals surface area contributed by atoms with E-state index >= 15 is 0 Å². The van der Waals surface area contributed by atoms with Crippen LogP contribution < -0.4 is 4.90 Å². The summed E-state index contributed by atoms with van der Waals surface area (Å²) < 4.78 is 6.33. The summed E-state index contributed by atoms with van der Waals surface area (Å²) in [5.74, 6) is 0. The largest absolute Gasteiger partial charge is 0.456 e. The van der Waals surface area contributed by atoms with Gasteiger partial charge in [-0.3, -0.25) is 0 Å². The Balaban J connectivity index is 1.00. The molecular weight excluding hydrogens is 847 g/mol. The van der Waals surface area contributed by atoms with Crippen LogP contribution in [0, 0.1) is 0 Å². The minimum atomic E-state index is -0.624. The summed E-state index contributed by atoms with van der Waals surface area (Å²) in [6.45, 7) is 0. The Morgan fingerprint density at radius 1 is 0.271 bits per heavy atom. The third-order valence-electron chi connectivity index (χ3n) is 15.2. The number of anilines is 3. The predicted molar refractivity (Wildman–Crippen MR) is 288 cm³/mol. The molecule has 0 saturated heterocycles. The fourth-order valence-electron chi connectivity index (χ4n) is 12.4. The Morgan fingerprint density at radius 2 is 0.714 bits per heavy atom. The number of hydrogen-bond acceptors (Lipinski definition) is 2. The zero-order valence-corrected chi connectivity index (χ0v) is 38.3. The van der Waals surface area contributed by atoms with Gasteiger partial charge in [0.25, 0.3) is 0 Å². The lowest BCUT2D eigenvalue weighted by molar-refractivity contribution is 0.623. The molecule has 0 saturated carbocycles. The first-order valence-electron chi connectivity index (χ1n) is 24.2. The van der Waals surface area contributed by atoms with Crippen LogP contribution in [0.25, 0.3) is 55.3 Å². The van der Waals surface area contributed by atoms with Crippen LogP contribution in [0.1, 0.15) is 44.5 Å². The Labute approximate surface area is 408 Å². The molecule has 0 unspecified atom stereocenters. The summed E-state index contributed by atoms with van der Waals surface area (Å²) in [5, 5.41) is 2.26. The maximum absolute atomic E-state index is 6.33. The third-order valence-corrected chi connectivity index (χ3v) is 15.2. The van der Waals surface area contributed by atoms with Crippen molar-refractivity contribution in [3.8, 4) is 33.4 Å². The van der Waals surface area contributed by atoms with Crippen molar-refractivity contribution in [1.82, 2.24) is 0 Å². The molecule has 0 amide bonds. The third kappa shape index (κ3) is 5.74. The minimum Gasteiger partial charge on any atom is -0.456 e. The van der Waals surface area contributed by atoms with Crippen molar-refractivity contribution in [3.05, 3.63) is 317 Å². The molecule has 12 aromatic rings. The van der Waals surface area contributed by atoms with E-state index in [2.05, 4.69) is 272 Å². The standard InChI is InChI=1S/C68H45NO/c1-4-19-46(20-5-1)47-35-39-51(40-36-47)69(52-41-37-48(38-42-52)54-27-18-34-65-66(54)57-26-11-17-33-64(57)70-65)53-43-44-56-55-25-10-12-28-58(55)68(63(56)45-53)61-31-15-13-29-59(61)67(49-21-6-2-7-22-49,50-23-8-3-9-24-50)60-30-14-16-32-62(60)68/h1-45H. The SMILES string of the molecule is c1ccc(-c2ccc(N(c3ccc(-c4cccc5oc6ccccc6c45)cc3)c3ccc4c(c3)C3(c5ccccc5-4)c4ccccc4C(c4ccccc4)(c4ccccc4)c4ccccc43)cc2)cc1. The lowest BCUT2D eigenvalue weighted by Crippen LogP contribution is -2.44. The molecule has 1 heterocycles. The van der Waals surface area contributed by atoms with Crippen LogP contribution in [0.5, 0.6) is 0 Å². The molecule has 0 atom stereocenters. The van der Waals surface area contributed by atoms with Crippen LogP contribution in [0.2, 0.25) is 0 Å². The zero-order valence-electron chi connectivity index (χ0n) is 38.3. The fourth-order valence-corrected chi connectivity index (χ4v) is 12.4. The molecule has 0 N–H and O–H groups in total. The van der Waals surface area contributed by atoms with Gasteiger partial charge in [0.05, 0.1) is 10.8 Å². The van der Waals surface area contributed by atoms with E-state index in [9.17, 15) is 0 Å². The average molecular weight is 892 g/mol. The molecule has 11 aromatic carbocycles. The van der Waals surface area contributed by atoms with Crippen molar-refractivity contribution in [2.24, 2.45) is 0 Å². The van der Waals surface area contributed by atoms with E-state index in [1.54, 1.807) is 0 Å². The summed E-state index contributed by atoms with van der Waals surface area (Å²) in [4.78, 5) is 2.43.